The van der Waals surface area contributed by atoms with Gasteiger partial charge in [-0.15, -0.1) is 0 Å². The van der Waals surface area contributed by atoms with E-state index in [1.807, 2.05) is 12.1 Å². The van der Waals surface area contributed by atoms with Crippen LogP contribution in [0.2, 0.25) is 0 Å². The molecule has 2 aliphatic rings. The lowest BCUT2D eigenvalue weighted by atomic mass is 9.99. The third kappa shape index (κ3) is 2.46. The lowest BCUT2D eigenvalue weighted by Crippen LogP contribution is -2.45. The van der Waals surface area contributed by atoms with E-state index in [0.29, 0.717) is 10.4 Å². The van der Waals surface area contributed by atoms with Gasteiger partial charge in [0.05, 0.1) is 4.47 Å². The second kappa shape index (κ2) is 5.27. The van der Waals surface area contributed by atoms with Crippen LogP contribution in [0.15, 0.2) is 22.7 Å². The van der Waals surface area contributed by atoms with Crippen LogP contribution in [-0.2, 0) is 0 Å². The minimum absolute atomic E-state index is 0.0760. The highest BCUT2D eigenvalue weighted by molar-refractivity contribution is 9.10. The highest BCUT2D eigenvalue weighted by atomic mass is 79.9. The van der Waals surface area contributed by atoms with Crippen molar-refractivity contribution < 1.29 is 4.39 Å². The van der Waals surface area contributed by atoms with Crippen molar-refractivity contribution in [3.63, 3.8) is 0 Å². The zero-order valence-corrected chi connectivity index (χ0v) is 11.9. The van der Waals surface area contributed by atoms with Crippen LogP contribution in [0.5, 0.6) is 0 Å². The van der Waals surface area contributed by atoms with Crippen molar-refractivity contribution in [3.05, 3.63) is 34.1 Å². The zero-order chi connectivity index (χ0) is 12.5. The molecular formula is C14H18BrFN2. The van der Waals surface area contributed by atoms with Crippen molar-refractivity contribution in [2.24, 2.45) is 5.92 Å². The van der Waals surface area contributed by atoms with Gasteiger partial charge in [-0.3, -0.25) is 4.90 Å². The van der Waals surface area contributed by atoms with E-state index < -0.39 is 0 Å². The van der Waals surface area contributed by atoms with Crippen LogP contribution in [0.3, 0.4) is 0 Å². The minimum Gasteiger partial charge on any atom is -0.314 e. The summed E-state index contributed by atoms with van der Waals surface area (Å²) < 4.78 is 14.9. The van der Waals surface area contributed by atoms with E-state index in [2.05, 4.69) is 26.1 Å². The molecule has 1 aliphatic carbocycles. The van der Waals surface area contributed by atoms with Gasteiger partial charge in [-0.2, -0.15) is 0 Å². The number of halogens is 2. The maximum Gasteiger partial charge on any atom is 0.142 e. The normalized spacial score (nSPS) is 23.0. The van der Waals surface area contributed by atoms with Crippen LogP contribution in [-0.4, -0.2) is 31.1 Å². The molecule has 0 bridgehead atoms. The van der Waals surface area contributed by atoms with Gasteiger partial charge in [-0.05, 0) is 40.8 Å². The SMILES string of the molecule is Fc1c(Br)cccc1[C@H](C1CC1)N1CCNCC1. The summed E-state index contributed by atoms with van der Waals surface area (Å²) in [5, 5.41) is 3.36. The fraction of sp³-hybridized carbons (Fsp3) is 0.571. The standard InChI is InChI=1S/C14H18BrFN2/c15-12-3-1-2-11(13(12)16)14(10-4-5-10)18-8-6-17-7-9-18/h1-3,10,14,17H,4-9H2/t14-/m0/s1. The van der Waals surface area contributed by atoms with E-state index in [0.717, 1.165) is 31.7 Å². The first kappa shape index (κ1) is 12.6. The predicted octanol–water partition coefficient (Wildman–Crippen LogP) is 2.94. The Kier molecular flexibility index (Phi) is 3.68. The van der Waals surface area contributed by atoms with Crippen LogP contribution in [0.1, 0.15) is 24.4 Å². The van der Waals surface area contributed by atoms with E-state index in [-0.39, 0.29) is 11.9 Å². The highest BCUT2D eigenvalue weighted by Gasteiger charge is 2.38. The van der Waals surface area contributed by atoms with Gasteiger partial charge in [0.25, 0.3) is 0 Å². The van der Waals surface area contributed by atoms with Crippen LogP contribution >= 0.6 is 15.9 Å². The predicted molar refractivity (Wildman–Crippen MR) is 74.0 cm³/mol. The second-order valence-electron chi connectivity index (χ2n) is 5.21. The molecule has 2 nitrogen and oxygen atoms in total. The number of rotatable bonds is 3. The van der Waals surface area contributed by atoms with Crippen molar-refractivity contribution in [2.45, 2.75) is 18.9 Å². The monoisotopic (exact) mass is 312 g/mol. The molecule has 98 valence electrons. The van der Waals surface area contributed by atoms with Gasteiger partial charge >= 0.3 is 0 Å². The molecule has 1 saturated heterocycles. The summed E-state index contributed by atoms with van der Waals surface area (Å²) in [5.74, 6) is 0.569. The largest absolute Gasteiger partial charge is 0.314 e. The molecule has 1 heterocycles. The Hall–Kier alpha value is -0.450. The van der Waals surface area contributed by atoms with E-state index in [4.69, 9.17) is 0 Å². The minimum atomic E-state index is -0.0760. The Bertz CT molecular complexity index is 428. The van der Waals surface area contributed by atoms with E-state index in [9.17, 15) is 4.39 Å². The average molecular weight is 313 g/mol. The first-order valence-electron chi connectivity index (χ1n) is 6.66. The molecule has 18 heavy (non-hydrogen) atoms. The Morgan fingerprint density at radius 2 is 2.00 bits per heavy atom. The first-order chi connectivity index (χ1) is 8.77. The van der Waals surface area contributed by atoms with Gasteiger partial charge in [-0.25, -0.2) is 4.39 Å². The molecule has 0 aromatic heterocycles. The molecule has 3 rings (SSSR count). The molecule has 1 saturated carbocycles. The van der Waals surface area contributed by atoms with E-state index >= 15 is 0 Å². The second-order valence-corrected chi connectivity index (χ2v) is 6.07. The molecule has 1 atom stereocenters. The quantitative estimate of drug-likeness (QED) is 0.923. The van der Waals surface area contributed by atoms with Crippen LogP contribution in [0.4, 0.5) is 4.39 Å². The summed E-state index contributed by atoms with van der Waals surface area (Å²) in [4.78, 5) is 2.44. The molecule has 1 aromatic carbocycles. The Labute approximate surface area is 116 Å². The van der Waals surface area contributed by atoms with Crippen LogP contribution in [0.25, 0.3) is 0 Å². The van der Waals surface area contributed by atoms with Crippen molar-refractivity contribution in [1.29, 1.82) is 0 Å². The smallest absolute Gasteiger partial charge is 0.142 e. The van der Waals surface area contributed by atoms with Gasteiger partial charge in [0.1, 0.15) is 5.82 Å². The fourth-order valence-corrected chi connectivity index (χ4v) is 3.25. The van der Waals surface area contributed by atoms with Crippen molar-refractivity contribution in [2.75, 3.05) is 26.2 Å². The fourth-order valence-electron chi connectivity index (χ4n) is 2.87. The van der Waals surface area contributed by atoms with Crippen molar-refractivity contribution >= 4 is 15.9 Å². The molecule has 2 fully saturated rings. The number of nitrogens with zero attached hydrogens (tertiary/aromatic N) is 1. The Morgan fingerprint density at radius 3 is 2.67 bits per heavy atom. The first-order valence-corrected chi connectivity index (χ1v) is 7.45. The summed E-state index contributed by atoms with van der Waals surface area (Å²) in [6.07, 6.45) is 2.47. The number of hydrogen-bond donors (Lipinski definition) is 1. The lowest BCUT2D eigenvalue weighted by molar-refractivity contribution is 0.153. The van der Waals surface area contributed by atoms with E-state index in [1.165, 1.54) is 12.8 Å². The van der Waals surface area contributed by atoms with Gasteiger partial charge in [0.15, 0.2) is 0 Å². The zero-order valence-electron chi connectivity index (χ0n) is 10.3. The molecule has 0 spiro atoms. The highest BCUT2D eigenvalue weighted by Crippen LogP contribution is 2.45. The molecule has 0 radical (unpaired) electrons. The van der Waals surface area contributed by atoms with Gasteiger partial charge < -0.3 is 5.32 Å². The molecule has 1 aromatic rings. The topological polar surface area (TPSA) is 15.3 Å². The number of piperazine rings is 1. The maximum absolute atomic E-state index is 14.3. The number of nitrogens with one attached hydrogen (secondary N) is 1. The summed E-state index contributed by atoms with van der Waals surface area (Å²) >= 11 is 3.30. The summed E-state index contributed by atoms with van der Waals surface area (Å²) in [7, 11) is 0. The molecule has 0 unspecified atom stereocenters. The van der Waals surface area contributed by atoms with Gasteiger partial charge in [-0.1, -0.05) is 12.1 Å². The molecule has 4 heteroatoms. The van der Waals surface area contributed by atoms with Gasteiger partial charge in [0, 0.05) is 37.8 Å². The summed E-state index contributed by atoms with van der Waals surface area (Å²) in [5.41, 5.74) is 0.869. The Morgan fingerprint density at radius 1 is 1.28 bits per heavy atom. The molecular weight excluding hydrogens is 295 g/mol. The third-order valence-corrected chi connectivity index (χ3v) is 4.53. The number of hydrogen-bond acceptors (Lipinski definition) is 2. The molecule has 1 N–H and O–H groups in total. The third-order valence-electron chi connectivity index (χ3n) is 3.91. The van der Waals surface area contributed by atoms with Gasteiger partial charge in [0.2, 0.25) is 0 Å². The summed E-state index contributed by atoms with van der Waals surface area (Å²) in [6.45, 7) is 4.07. The lowest BCUT2D eigenvalue weighted by Gasteiger charge is -2.35. The average Bonchev–Trinajstić information content (AvgIpc) is 3.21. The molecule has 1 aliphatic heterocycles. The number of benzene rings is 1. The van der Waals surface area contributed by atoms with Crippen LogP contribution < -0.4 is 5.32 Å². The van der Waals surface area contributed by atoms with E-state index in [1.54, 1.807) is 6.07 Å². The van der Waals surface area contributed by atoms with Crippen molar-refractivity contribution in [1.82, 2.24) is 10.2 Å². The molecule has 0 amide bonds. The van der Waals surface area contributed by atoms with Crippen LogP contribution in [0, 0.1) is 11.7 Å². The summed E-state index contributed by atoms with van der Waals surface area (Å²) in [6, 6.07) is 5.94. The Balaban J connectivity index is 1.90. The van der Waals surface area contributed by atoms with Crippen molar-refractivity contribution in [3.8, 4) is 0 Å². The maximum atomic E-state index is 14.3.